The van der Waals surface area contributed by atoms with Gasteiger partial charge in [-0.15, -0.1) is 0 Å². The summed E-state index contributed by atoms with van der Waals surface area (Å²) in [6, 6.07) is 14.9. The first-order chi connectivity index (χ1) is 10.4. The number of nitrogens with zero attached hydrogens (tertiary/aromatic N) is 1. The SMILES string of the molecule is c1ccc2c(-c3cnc(CC4CCNC4)[nH]3)cccc2c1. The zero-order valence-electron chi connectivity index (χ0n) is 12.0. The molecular weight excluding hydrogens is 258 g/mol. The lowest BCUT2D eigenvalue weighted by molar-refractivity contribution is 0.565. The minimum absolute atomic E-state index is 0.719. The predicted molar refractivity (Wildman–Crippen MR) is 86.2 cm³/mol. The monoisotopic (exact) mass is 277 g/mol. The fourth-order valence-electron chi connectivity index (χ4n) is 3.23. The molecule has 3 heteroatoms. The Labute approximate surface area is 124 Å². The molecule has 0 amide bonds. The molecule has 2 aromatic carbocycles. The van der Waals surface area contributed by atoms with E-state index in [0.29, 0.717) is 0 Å². The van der Waals surface area contributed by atoms with Crippen molar-refractivity contribution in [3.05, 3.63) is 54.5 Å². The van der Waals surface area contributed by atoms with Crippen LogP contribution >= 0.6 is 0 Å². The molecule has 4 rings (SSSR count). The molecule has 106 valence electrons. The molecule has 1 fully saturated rings. The van der Waals surface area contributed by atoms with Gasteiger partial charge in [-0.3, -0.25) is 0 Å². The highest BCUT2D eigenvalue weighted by molar-refractivity contribution is 5.95. The van der Waals surface area contributed by atoms with Gasteiger partial charge < -0.3 is 10.3 Å². The van der Waals surface area contributed by atoms with Crippen LogP contribution in [0.2, 0.25) is 0 Å². The van der Waals surface area contributed by atoms with Gasteiger partial charge in [-0.1, -0.05) is 42.5 Å². The molecule has 1 aliphatic rings. The third-order valence-electron chi connectivity index (χ3n) is 4.35. The Morgan fingerprint density at radius 1 is 1.10 bits per heavy atom. The second kappa shape index (κ2) is 5.34. The highest BCUT2D eigenvalue weighted by atomic mass is 14.9. The van der Waals surface area contributed by atoms with Crippen LogP contribution < -0.4 is 5.32 Å². The molecule has 1 atom stereocenters. The molecule has 2 heterocycles. The van der Waals surface area contributed by atoms with E-state index in [1.807, 2.05) is 6.20 Å². The zero-order chi connectivity index (χ0) is 14.1. The molecule has 3 nitrogen and oxygen atoms in total. The van der Waals surface area contributed by atoms with Crippen molar-refractivity contribution in [2.24, 2.45) is 5.92 Å². The number of aromatic amines is 1. The summed E-state index contributed by atoms with van der Waals surface area (Å²) in [7, 11) is 0. The fourth-order valence-corrected chi connectivity index (χ4v) is 3.23. The van der Waals surface area contributed by atoms with E-state index in [-0.39, 0.29) is 0 Å². The molecule has 0 spiro atoms. The molecule has 1 saturated heterocycles. The van der Waals surface area contributed by atoms with Gasteiger partial charge in [0.15, 0.2) is 0 Å². The van der Waals surface area contributed by atoms with Gasteiger partial charge in [-0.05, 0) is 36.2 Å². The molecule has 0 radical (unpaired) electrons. The van der Waals surface area contributed by atoms with Crippen molar-refractivity contribution in [3.8, 4) is 11.3 Å². The number of hydrogen-bond acceptors (Lipinski definition) is 2. The maximum absolute atomic E-state index is 4.58. The topological polar surface area (TPSA) is 40.7 Å². The van der Waals surface area contributed by atoms with E-state index in [1.54, 1.807) is 0 Å². The number of imidazole rings is 1. The molecule has 2 N–H and O–H groups in total. The predicted octanol–water partition coefficient (Wildman–Crippen LogP) is 3.38. The van der Waals surface area contributed by atoms with Crippen LogP contribution in [0, 0.1) is 5.92 Å². The second-order valence-electron chi connectivity index (χ2n) is 5.83. The summed E-state index contributed by atoms with van der Waals surface area (Å²) < 4.78 is 0. The first kappa shape index (κ1) is 12.6. The maximum atomic E-state index is 4.58. The second-order valence-corrected chi connectivity index (χ2v) is 5.83. The minimum atomic E-state index is 0.719. The van der Waals surface area contributed by atoms with Crippen LogP contribution in [-0.4, -0.2) is 23.1 Å². The summed E-state index contributed by atoms with van der Waals surface area (Å²) in [6.45, 7) is 2.26. The normalized spacial score (nSPS) is 18.4. The summed E-state index contributed by atoms with van der Waals surface area (Å²) in [5, 5.41) is 5.96. The van der Waals surface area contributed by atoms with Gasteiger partial charge in [0.1, 0.15) is 5.82 Å². The van der Waals surface area contributed by atoms with E-state index in [4.69, 9.17) is 0 Å². The van der Waals surface area contributed by atoms with Crippen molar-refractivity contribution in [2.75, 3.05) is 13.1 Å². The Morgan fingerprint density at radius 3 is 2.90 bits per heavy atom. The standard InChI is InChI=1S/C18H19N3/c1-2-6-15-14(4-1)5-3-7-16(15)17-12-20-18(21-17)10-13-8-9-19-11-13/h1-7,12-13,19H,8-11H2,(H,20,21). The van der Waals surface area contributed by atoms with Crippen LogP contribution in [-0.2, 0) is 6.42 Å². The number of nitrogens with one attached hydrogen (secondary N) is 2. The van der Waals surface area contributed by atoms with Crippen LogP contribution in [0.5, 0.6) is 0 Å². The molecule has 1 aliphatic heterocycles. The molecule has 1 aromatic heterocycles. The van der Waals surface area contributed by atoms with Crippen LogP contribution in [0.15, 0.2) is 48.7 Å². The van der Waals surface area contributed by atoms with Gasteiger partial charge in [0, 0.05) is 12.0 Å². The lowest BCUT2D eigenvalue weighted by atomic mass is 10.0. The fraction of sp³-hybridized carbons (Fsp3) is 0.278. The summed E-state index contributed by atoms with van der Waals surface area (Å²) in [6.07, 6.45) is 4.27. The minimum Gasteiger partial charge on any atom is -0.342 e. The van der Waals surface area contributed by atoms with Gasteiger partial charge in [-0.25, -0.2) is 4.98 Å². The quantitative estimate of drug-likeness (QED) is 0.770. The Kier molecular flexibility index (Phi) is 3.20. The van der Waals surface area contributed by atoms with Gasteiger partial charge in [-0.2, -0.15) is 0 Å². The van der Waals surface area contributed by atoms with Crippen LogP contribution in [0.4, 0.5) is 0 Å². The smallest absolute Gasteiger partial charge is 0.106 e. The first-order valence-corrected chi connectivity index (χ1v) is 7.63. The number of H-pyrrole nitrogens is 1. The summed E-state index contributed by atoms with van der Waals surface area (Å²) in [4.78, 5) is 8.09. The van der Waals surface area contributed by atoms with E-state index in [1.165, 1.54) is 22.8 Å². The Morgan fingerprint density at radius 2 is 2.00 bits per heavy atom. The highest BCUT2D eigenvalue weighted by Gasteiger charge is 2.16. The third-order valence-corrected chi connectivity index (χ3v) is 4.35. The Hall–Kier alpha value is -2.13. The number of hydrogen-bond donors (Lipinski definition) is 2. The zero-order valence-corrected chi connectivity index (χ0v) is 12.0. The van der Waals surface area contributed by atoms with E-state index in [0.717, 1.165) is 36.9 Å². The molecule has 21 heavy (non-hydrogen) atoms. The lowest BCUT2D eigenvalue weighted by Gasteiger charge is -2.06. The van der Waals surface area contributed by atoms with Crippen LogP contribution in [0.25, 0.3) is 22.0 Å². The number of aromatic nitrogens is 2. The summed E-state index contributed by atoms with van der Waals surface area (Å²) >= 11 is 0. The Balaban J connectivity index is 1.67. The summed E-state index contributed by atoms with van der Waals surface area (Å²) in [5.41, 5.74) is 2.35. The molecule has 0 bridgehead atoms. The largest absolute Gasteiger partial charge is 0.342 e. The number of fused-ring (bicyclic) bond motifs is 1. The molecule has 0 aliphatic carbocycles. The summed E-state index contributed by atoms with van der Waals surface area (Å²) in [5.74, 6) is 1.82. The van der Waals surface area contributed by atoms with E-state index in [2.05, 4.69) is 57.7 Å². The molecule has 0 saturated carbocycles. The average molecular weight is 277 g/mol. The van der Waals surface area contributed by atoms with Gasteiger partial charge in [0.2, 0.25) is 0 Å². The molecular formula is C18H19N3. The number of rotatable bonds is 3. The van der Waals surface area contributed by atoms with Crippen molar-refractivity contribution in [1.29, 1.82) is 0 Å². The molecule has 3 aromatic rings. The van der Waals surface area contributed by atoms with Crippen molar-refractivity contribution < 1.29 is 0 Å². The Bertz CT molecular complexity index is 749. The van der Waals surface area contributed by atoms with Gasteiger partial charge in [0.05, 0.1) is 11.9 Å². The van der Waals surface area contributed by atoms with Crippen molar-refractivity contribution >= 4 is 10.8 Å². The van der Waals surface area contributed by atoms with Crippen molar-refractivity contribution in [2.45, 2.75) is 12.8 Å². The maximum Gasteiger partial charge on any atom is 0.106 e. The van der Waals surface area contributed by atoms with Crippen molar-refractivity contribution in [3.63, 3.8) is 0 Å². The van der Waals surface area contributed by atoms with Gasteiger partial charge in [0.25, 0.3) is 0 Å². The first-order valence-electron chi connectivity index (χ1n) is 7.63. The van der Waals surface area contributed by atoms with E-state index < -0.39 is 0 Å². The molecule has 1 unspecified atom stereocenters. The average Bonchev–Trinajstić information content (AvgIpc) is 3.19. The highest BCUT2D eigenvalue weighted by Crippen LogP contribution is 2.27. The van der Waals surface area contributed by atoms with Crippen molar-refractivity contribution in [1.82, 2.24) is 15.3 Å². The lowest BCUT2D eigenvalue weighted by Crippen LogP contribution is -2.11. The van der Waals surface area contributed by atoms with Crippen LogP contribution in [0.3, 0.4) is 0 Å². The third kappa shape index (κ3) is 2.45. The van der Waals surface area contributed by atoms with E-state index >= 15 is 0 Å². The van der Waals surface area contributed by atoms with E-state index in [9.17, 15) is 0 Å². The van der Waals surface area contributed by atoms with Crippen LogP contribution in [0.1, 0.15) is 12.2 Å². The van der Waals surface area contributed by atoms with Gasteiger partial charge >= 0.3 is 0 Å². The number of benzene rings is 2.